The summed E-state index contributed by atoms with van der Waals surface area (Å²) in [5.41, 5.74) is 6.92. The number of thiocarbonyl (C=S) groups is 1. The topological polar surface area (TPSA) is 72.6 Å². The number of hydrogen-bond donors (Lipinski definition) is 1. The van der Waals surface area contributed by atoms with Crippen molar-refractivity contribution in [1.29, 1.82) is 0 Å². The molecule has 7 heteroatoms. The Morgan fingerprint density at radius 1 is 1.48 bits per heavy atom. The van der Waals surface area contributed by atoms with Crippen molar-refractivity contribution in [3.8, 4) is 0 Å². The molecule has 1 heterocycles. The maximum absolute atomic E-state index is 12.6. The second kappa shape index (κ2) is 6.83. The van der Waals surface area contributed by atoms with Gasteiger partial charge in [0.15, 0.2) is 0 Å². The molecule has 116 valence electrons. The predicted octanol–water partition coefficient (Wildman–Crippen LogP) is 1.26. The lowest BCUT2D eigenvalue weighted by atomic mass is 10.1. The normalized spacial score (nSPS) is 20.9. The highest BCUT2D eigenvalue weighted by Crippen LogP contribution is 2.18. The molecule has 0 saturated carbocycles. The Bertz CT molecular complexity index is 616. The van der Waals surface area contributed by atoms with Gasteiger partial charge in [-0.25, -0.2) is 8.42 Å². The van der Waals surface area contributed by atoms with E-state index in [9.17, 15) is 8.42 Å². The van der Waals surface area contributed by atoms with Crippen LogP contribution in [0.5, 0.6) is 0 Å². The fourth-order valence-electron chi connectivity index (χ4n) is 2.38. The zero-order valence-electron chi connectivity index (χ0n) is 12.0. The standard InChI is InChI=1S/C14H20N2O3S2/c1-11-9-16(7-4-8-19-11)21(17,18)10-12-5-2-3-6-13(12)14(15)20/h2-3,5-6,11H,4,7-10H2,1H3,(H2,15,20). The smallest absolute Gasteiger partial charge is 0.218 e. The molecule has 2 rings (SSSR count). The van der Waals surface area contributed by atoms with Gasteiger partial charge in [0, 0.05) is 25.3 Å². The molecule has 1 aliphatic rings. The van der Waals surface area contributed by atoms with Crippen LogP contribution in [0.2, 0.25) is 0 Å². The summed E-state index contributed by atoms with van der Waals surface area (Å²) in [5.74, 6) is -0.0900. The van der Waals surface area contributed by atoms with E-state index < -0.39 is 10.0 Å². The summed E-state index contributed by atoms with van der Waals surface area (Å²) in [5, 5.41) is 0. The minimum Gasteiger partial charge on any atom is -0.389 e. The number of hydrogen-bond acceptors (Lipinski definition) is 4. The van der Waals surface area contributed by atoms with Gasteiger partial charge >= 0.3 is 0 Å². The molecule has 0 spiro atoms. The van der Waals surface area contributed by atoms with Crippen LogP contribution in [0, 0.1) is 0 Å². The van der Waals surface area contributed by atoms with Crippen LogP contribution in [0.1, 0.15) is 24.5 Å². The van der Waals surface area contributed by atoms with Gasteiger partial charge in [0.05, 0.1) is 11.9 Å². The van der Waals surface area contributed by atoms with Gasteiger partial charge in [0.2, 0.25) is 10.0 Å². The number of rotatable bonds is 4. The number of sulfonamides is 1. The summed E-state index contributed by atoms with van der Waals surface area (Å²) in [7, 11) is -3.41. The van der Waals surface area contributed by atoms with E-state index in [0.717, 1.165) is 0 Å². The van der Waals surface area contributed by atoms with Gasteiger partial charge in [-0.1, -0.05) is 36.5 Å². The first-order valence-electron chi connectivity index (χ1n) is 6.87. The molecular formula is C14H20N2O3S2. The molecule has 0 aromatic heterocycles. The van der Waals surface area contributed by atoms with Gasteiger partial charge in [-0.3, -0.25) is 0 Å². The zero-order chi connectivity index (χ0) is 15.5. The van der Waals surface area contributed by atoms with Crippen molar-refractivity contribution in [2.75, 3.05) is 19.7 Å². The molecule has 2 N–H and O–H groups in total. The van der Waals surface area contributed by atoms with E-state index >= 15 is 0 Å². The molecule has 0 radical (unpaired) electrons. The lowest BCUT2D eigenvalue weighted by Crippen LogP contribution is -2.37. The molecule has 5 nitrogen and oxygen atoms in total. The highest BCUT2D eigenvalue weighted by atomic mass is 32.2. The summed E-state index contributed by atoms with van der Waals surface area (Å²) >= 11 is 4.98. The van der Waals surface area contributed by atoms with E-state index in [1.807, 2.05) is 6.92 Å². The van der Waals surface area contributed by atoms with Gasteiger partial charge in [-0.05, 0) is 18.9 Å². The third-order valence-corrected chi connectivity index (χ3v) is 5.44. The highest BCUT2D eigenvalue weighted by molar-refractivity contribution is 7.88. The fraction of sp³-hybridized carbons (Fsp3) is 0.500. The van der Waals surface area contributed by atoms with Crippen LogP contribution in [-0.4, -0.2) is 43.5 Å². The van der Waals surface area contributed by atoms with Crippen molar-refractivity contribution in [1.82, 2.24) is 4.31 Å². The number of ether oxygens (including phenoxy) is 1. The van der Waals surface area contributed by atoms with Crippen LogP contribution < -0.4 is 5.73 Å². The zero-order valence-corrected chi connectivity index (χ0v) is 13.6. The average Bonchev–Trinajstić information content (AvgIpc) is 2.64. The molecule has 1 unspecified atom stereocenters. The van der Waals surface area contributed by atoms with Crippen molar-refractivity contribution in [3.63, 3.8) is 0 Å². The van der Waals surface area contributed by atoms with E-state index in [0.29, 0.717) is 37.2 Å². The molecule has 1 fully saturated rings. The van der Waals surface area contributed by atoms with E-state index in [1.165, 1.54) is 4.31 Å². The molecule has 1 aromatic rings. The molecular weight excluding hydrogens is 308 g/mol. The molecule has 1 aromatic carbocycles. The first kappa shape index (κ1) is 16.4. The lowest BCUT2D eigenvalue weighted by molar-refractivity contribution is 0.0752. The van der Waals surface area contributed by atoms with E-state index in [4.69, 9.17) is 22.7 Å². The lowest BCUT2D eigenvalue weighted by Gasteiger charge is -2.22. The summed E-state index contributed by atoms with van der Waals surface area (Å²) in [6.45, 7) is 3.35. The number of benzene rings is 1. The van der Waals surface area contributed by atoms with Crippen LogP contribution in [0.15, 0.2) is 24.3 Å². The minimum absolute atomic E-state index is 0.0897. The molecule has 1 saturated heterocycles. The van der Waals surface area contributed by atoms with E-state index in [-0.39, 0.29) is 16.8 Å². The molecule has 1 atom stereocenters. The molecule has 0 amide bonds. The van der Waals surface area contributed by atoms with Gasteiger partial charge in [0.1, 0.15) is 4.99 Å². The first-order valence-corrected chi connectivity index (χ1v) is 8.89. The second-order valence-electron chi connectivity index (χ2n) is 5.17. The second-order valence-corrected chi connectivity index (χ2v) is 7.58. The summed E-state index contributed by atoms with van der Waals surface area (Å²) in [6, 6.07) is 7.10. The monoisotopic (exact) mass is 328 g/mol. The number of nitrogens with two attached hydrogens (primary N) is 1. The predicted molar refractivity (Wildman–Crippen MR) is 86.6 cm³/mol. The van der Waals surface area contributed by atoms with E-state index in [2.05, 4.69) is 0 Å². The van der Waals surface area contributed by atoms with Crippen LogP contribution in [0.4, 0.5) is 0 Å². The minimum atomic E-state index is -3.41. The van der Waals surface area contributed by atoms with E-state index in [1.54, 1.807) is 24.3 Å². The Hall–Kier alpha value is -1.02. The van der Waals surface area contributed by atoms with Crippen molar-refractivity contribution in [3.05, 3.63) is 35.4 Å². The fourth-order valence-corrected chi connectivity index (χ4v) is 4.25. The van der Waals surface area contributed by atoms with Crippen molar-refractivity contribution < 1.29 is 13.2 Å². The molecule has 1 aliphatic heterocycles. The van der Waals surface area contributed by atoms with Gasteiger partial charge in [0.25, 0.3) is 0 Å². The van der Waals surface area contributed by atoms with Crippen molar-refractivity contribution in [2.24, 2.45) is 5.73 Å². The van der Waals surface area contributed by atoms with Crippen LogP contribution in [0.25, 0.3) is 0 Å². The Labute approximate surface area is 131 Å². The summed E-state index contributed by atoms with van der Waals surface area (Å²) in [6.07, 6.45) is 0.619. The first-order chi connectivity index (χ1) is 9.90. The molecule has 0 aliphatic carbocycles. The number of nitrogens with zero attached hydrogens (tertiary/aromatic N) is 1. The van der Waals surface area contributed by atoms with Gasteiger partial charge < -0.3 is 10.5 Å². The van der Waals surface area contributed by atoms with Gasteiger partial charge in [-0.15, -0.1) is 0 Å². The van der Waals surface area contributed by atoms with Crippen LogP contribution >= 0.6 is 12.2 Å². The van der Waals surface area contributed by atoms with Crippen LogP contribution in [0.3, 0.4) is 0 Å². The van der Waals surface area contributed by atoms with Gasteiger partial charge in [-0.2, -0.15) is 4.31 Å². The maximum atomic E-state index is 12.6. The highest BCUT2D eigenvalue weighted by Gasteiger charge is 2.27. The largest absolute Gasteiger partial charge is 0.389 e. The quantitative estimate of drug-likeness (QED) is 0.843. The Kier molecular flexibility index (Phi) is 5.32. The molecule has 0 bridgehead atoms. The van der Waals surface area contributed by atoms with Crippen molar-refractivity contribution in [2.45, 2.75) is 25.2 Å². The summed E-state index contributed by atoms with van der Waals surface area (Å²) < 4.78 is 32.2. The van der Waals surface area contributed by atoms with Crippen molar-refractivity contribution >= 4 is 27.2 Å². The Balaban J connectivity index is 2.23. The Morgan fingerprint density at radius 3 is 2.90 bits per heavy atom. The SMILES string of the molecule is CC1CN(S(=O)(=O)Cc2ccccc2C(N)=S)CCCO1. The average molecular weight is 328 g/mol. The third kappa shape index (κ3) is 4.23. The third-order valence-electron chi connectivity index (χ3n) is 3.43. The maximum Gasteiger partial charge on any atom is 0.218 e. The Morgan fingerprint density at radius 2 is 2.19 bits per heavy atom. The summed E-state index contributed by atoms with van der Waals surface area (Å²) in [4.78, 5) is 0.216. The molecule has 21 heavy (non-hydrogen) atoms. The van der Waals surface area contributed by atoms with Crippen LogP contribution in [-0.2, 0) is 20.5 Å².